The summed E-state index contributed by atoms with van der Waals surface area (Å²) in [5.41, 5.74) is 5.56. The largest absolute Gasteiger partial charge is 0.488 e. The first-order valence-corrected chi connectivity index (χ1v) is 4.80. The van der Waals surface area contributed by atoms with E-state index in [0.29, 0.717) is 5.75 Å². The number of esters is 1. The van der Waals surface area contributed by atoms with Crippen molar-refractivity contribution >= 4 is 5.97 Å². The Morgan fingerprint density at radius 3 is 2.75 bits per heavy atom. The molecular formula is C11H14FNO3. The van der Waals surface area contributed by atoms with Gasteiger partial charge in [-0.1, -0.05) is 6.07 Å². The van der Waals surface area contributed by atoms with E-state index in [1.807, 2.05) is 0 Å². The Kier molecular flexibility index (Phi) is 4.25. The number of ether oxygens (including phenoxy) is 2. The van der Waals surface area contributed by atoms with Crippen molar-refractivity contribution in [3.63, 3.8) is 0 Å². The molecule has 2 atom stereocenters. The maximum absolute atomic E-state index is 12.8. The second kappa shape index (κ2) is 5.46. The molecule has 5 heteroatoms. The van der Waals surface area contributed by atoms with Crippen molar-refractivity contribution in [2.45, 2.75) is 19.1 Å². The first-order chi connectivity index (χ1) is 7.54. The van der Waals surface area contributed by atoms with Crippen molar-refractivity contribution in [3.05, 3.63) is 30.1 Å². The normalized spacial score (nSPS) is 14.0. The Morgan fingerprint density at radius 1 is 1.50 bits per heavy atom. The van der Waals surface area contributed by atoms with Crippen LogP contribution < -0.4 is 10.5 Å². The lowest BCUT2D eigenvalue weighted by atomic mass is 10.2. The fourth-order valence-electron chi connectivity index (χ4n) is 1.16. The van der Waals surface area contributed by atoms with E-state index in [0.717, 1.165) is 0 Å². The molecule has 0 aliphatic carbocycles. The standard InChI is InChI=1S/C11H14FNO3/c1-7(10(13)11(14)15-2)16-9-5-3-4-8(12)6-9/h3-7,10H,13H2,1-2H3/t7-,10-/m0/s1. The molecule has 0 heterocycles. The molecule has 0 aromatic heterocycles. The van der Waals surface area contributed by atoms with Crippen molar-refractivity contribution < 1.29 is 18.7 Å². The quantitative estimate of drug-likeness (QED) is 0.782. The molecule has 0 spiro atoms. The van der Waals surface area contributed by atoms with Crippen LogP contribution in [-0.2, 0) is 9.53 Å². The highest BCUT2D eigenvalue weighted by Crippen LogP contribution is 2.14. The van der Waals surface area contributed by atoms with Crippen LogP contribution in [0.4, 0.5) is 4.39 Å². The molecule has 1 aromatic rings. The molecule has 0 fully saturated rings. The third-order valence-corrected chi connectivity index (χ3v) is 2.10. The zero-order valence-electron chi connectivity index (χ0n) is 9.14. The van der Waals surface area contributed by atoms with Crippen LogP contribution >= 0.6 is 0 Å². The van der Waals surface area contributed by atoms with Gasteiger partial charge in [0.2, 0.25) is 0 Å². The van der Waals surface area contributed by atoms with Gasteiger partial charge >= 0.3 is 5.97 Å². The molecule has 16 heavy (non-hydrogen) atoms. The van der Waals surface area contributed by atoms with E-state index in [1.54, 1.807) is 13.0 Å². The highest BCUT2D eigenvalue weighted by Gasteiger charge is 2.23. The summed E-state index contributed by atoms with van der Waals surface area (Å²) in [6.45, 7) is 1.62. The van der Waals surface area contributed by atoms with Crippen LogP contribution in [0.15, 0.2) is 24.3 Å². The van der Waals surface area contributed by atoms with Crippen LogP contribution in [-0.4, -0.2) is 25.2 Å². The summed E-state index contributed by atoms with van der Waals surface area (Å²) in [6, 6.07) is 4.73. The van der Waals surface area contributed by atoms with Gasteiger partial charge in [0, 0.05) is 6.07 Å². The molecular weight excluding hydrogens is 213 g/mol. The number of nitrogens with two attached hydrogens (primary N) is 1. The maximum Gasteiger partial charge on any atom is 0.326 e. The number of halogens is 1. The highest BCUT2D eigenvalue weighted by molar-refractivity contribution is 5.76. The zero-order chi connectivity index (χ0) is 12.1. The van der Waals surface area contributed by atoms with Gasteiger partial charge in [-0.05, 0) is 19.1 Å². The van der Waals surface area contributed by atoms with E-state index in [-0.39, 0.29) is 0 Å². The smallest absolute Gasteiger partial charge is 0.326 e. The van der Waals surface area contributed by atoms with E-state index in [4.69, 9.17) is 10.5 Å². The zero-order valence-corrected chi connectivity index (χ0v) is 9.14. The molecule has 0 unspecified atom stereocenters. The third-order valence-electron chi connectivity index (χ3n) is 2.10. The Balaban J connectivity index is 2.64. The molecule has 2 N–H and O–H groups in total. The minimum atomic E-state index is -0.895. The molecule has 0 aliphatic rings. The summed E-state index contributed by atoms with van der Waals surface area (Å²) in [6.07, 6.45) is -0.589. The fraction of sp³-hybridized carbons (Fsp3) is 0.364. The Hall–Kier alpha value is -1.62. The van der Waals surface area contributed by atoms with Gasteiger partial charge in [0.15, 0.2) is 0 Å². The number of rotatable bonds is 4. The van der Waals surface area contributed by atoms with Crippen molar-refractivity contribution in [3.8, 4) is 5.75 Å². The minimum Gasteiger partial charge on any atom is -0.488 e. The predicted molar refractivity (Wildman–Crippen MR) is 56.5 cm³/mol. The molecule has 0 amide bonds. The number of hydrogen-bond acceptors (Lipinski definition) is 4. The van der Waals surface area contributed by atoms with Crippen LogP contribution in [0.25, 0.3) is 0 Å². The second-order valence-corrected chi connectivity index (χ2v) is 3.33. The van der Waals surface area contributed by atoms with E-state index in [9.17, 15) is 9.18 Å². The summed E-state index contributed by atoms with van der Waals surface area (Å²) in [5.74, 6) is -0.646. The highest BCUT2D eigenvalue weighted by atomic mass is 19.1. The molecule has 1 rings (SSSR count). The summed E-state index contributed by atoms with van der Waals surface area (Å²) in [7, 11) is 1.25. The summed E-state index contributed by atoms with van der Waals surface area (Å²) >= 11 is 0. The maximum atomic E-state index is 12.8. The van der Waals surface area contributed by atoms with Gasteiger partial charge in [-0.3, -0.25) is 4.79 Å². The topological polar surface area (TPSA) is 61.5 Å². The summed E-state index contributed by atoms with van der Waals surface area (Å²) in [5, 5.41) is 0. The lowest BCUT2D eigenvalue weighted by Crippen LogP contribution is -2.44. The third kappa shape index (κ3) is 3.20. The van der Waals surface area contributed by atoms with Crippen molar-refractivity contribution in [1.82, 2.24) is 0 Å². The summed E-state index contributed by atoms with van der Waals surface area (Å²) in [4.78, 5) is 11.1. The first kappa shape index (κ1) is 12.4. The lowest BCUT2D eigenvalue weighted by Gasteiger charge is -2.19. The van der Waals surface area contributed by atoms with Gasteiger partial charge in [-0.2, -0.15) is 0 Å². The number of carbonyl (C=O) groups is 1. The Labute approximate surface area is 93.2 Å². The SMILES string of the molecule is COC(=O)[C@@H](N)[C@H](C)Oc1cccc(F)c1. The van der Waals surface area contributed by atoms with E-state index in [1.165, 1.54) is 25.3 Å². The fourth-order valence-corrected chi connectivity index (χ4v) is 1.16. The minimum absolute atomic E-state index is 0.326. The van der Waals surface area contributed by atoms with Crippen LogP contribution in [0.1, 0.15) is 6.92 Å². The van der Waals surface area contributed by atoms with Gasteiger partial charge in [-0.15, -0.1) is 0 Å². The number of methoxy groups -OCH3 is 1. The average molecular weight is 227 g/mol. The monoisotopic (exact) mass is 227 g/mol. The molecule has 0 bridgehead atoms. The van der Waals surface area contributed by atoms with Crippen molar-refractivity contribution in [2.75, 3.05) is 7.11 Å². The van der Waals surface area contributed by atoms with Crippen LogP contribution in [0.5, 0.6) is 5.75 Å². The van der Waals surface area contributed by atoms with Gasteiger partial charge in [-0.25, -0.2) is 4.39 Å². The first-order valence-electron chi connectivity index (χ1n) is 4.80. The van der Waals surface area contributed by atoms with Gasteiger partial charge in [0.25, 0.3) is 0 Å². The van der Waals surface area contributed by atoms with Crippen molar-refractivity contribution in [1.29, 1.82) is 0 Å². The molecule has 0 saturated carbocycles. The Bertz CT molecular complexity index is 370. The second-order valence-electron chi connectivity index (χ2n) is 3.33. The van der Waals surface area contributed by atoms with E-state index >= 15 is 0 Å². The van der Waals surface area contributed by atoms with Crippen LogP contribution in [0.2, 0.25) is 0 Å². The number of benzene rings is 1. The molecule has 88 valence electrons. The van der Waals surface area contributed by atoms with Gasteiger partial charge in [0.1, 0.15) is 23.7 Å². The molecule has 1 aromatic carbocycles. The predicted octanol–water partition coefficient (Wildman–Crippen LogP) is 1.09. The molecule has 4 nitrogen and oxygen atoms in total. The van der Waals surface area contributed by atoms with Crippen LogP contribution in [0.3, 0.4) is 0 Å². The average Bonchev–Trinajstić information content (AvgIpc) is 2.27. The van der Waals surface area contributed by atoms with Gasteiger partial charge in [0.05, 0.1) is 7.11 Å². The Morgan fingerprint density at radius 2 is 2.19 bits per heavy atom. The number of hydrogen-bond donors (Lipinski definition) is 1. The van der Waals surface area contributed by atoms with E-state index in [2.05, 4.69) is 4.74 Å². The summed E-state index contributed by atoms with van der Waals surface area (Å²) < 4.78 is 22.6. The van der Waals surface area contributed by atoms with Crippen LogP contribution in [0, 0.1) is 5.82 Å². The van der Waals surface area contributed by atoms with Crippen molar-refractivity contribution in [2.24, 2.45) is 5.73 Å². The molecule has 0 radical (unpaired) electrons. The molecule has 0 aliphatic heterocycles. The van der Waals surface area contributed by atoms with Gasteiger partial charge < -0.3 is 15.2 Å². The van der Waals surface area contributed by atoms with E-state index < -0.39 is 23.9 Å². The number of carbonyl (C=O) groups excluding carboxylic acids is 1. The molecule has 0 saturated heterocycles. The lowest BCUT2D eigenvalue weighted by molar-refractivity contribution is -0.144.